The number of fused-ring (bicyclic) bond motifs is 1. The van der Waals surface area contributed by atoms with Gasteiger partial charge in [-0.15, -0.1) is 10.2 Å². The Bertz CT molecular complexity index is 1060. The predicted molar refractivity (Wildman–Crippen MR) is 103 cm³/mol. The van der Waals surface area contributed by atoms with E-state index < -0.39 is 0 Å². The van der Waals surface area contributed by atoms with Crippen molar-refractivity contribution in [3.8, 4) is 0 Å². The van der Waals surface area contributed by atoms with Gasteiger partial charge in [0.15, 0.2) is 17.3 Å². The maximum atomic E-state index is 4.55. The van der Waals surface area contributed by atoms with E-state index in [4.69, 9.17) is 0 Å². The molecule has 10 nitrogen and oxygen atoms in total. The van der Waals surface area contributed by atoms with Crippen LogP contribution in [-0.4, -0.2) is 57.3 Å². The van der Waals surface area contributed by atoms with Crippen LogP contribution in [-0.2, 0) is 13.1 Å². The zero-order chi connectivity index (χ0) is 18.9. The molecule has 0 atom stereocenters. The number of piperidine rings is 1. The number of nitrogens with one attached hydrogen (secondary N) is 1. The smallest absolute Gasteiger partial charge is 0.182 e. The first kappa shape index (κ1) is 16.8. The Labute approximate surface area is 161 Å². The number of aromatic amines is 1. The van der Waals surface area contributed by atoms with Gasteiger partial charge in [0.05, 0.1) is 19.2 Å². The molecular weight excluding hydrogens is 356 g/mol. The summed E-state index contributed by atoms with van der Waals surface area (Å²) in [6.45, 7) is 5.55. The van der Waals surface area contributed by atoms with E-state index in [1.165, 1.54) is 0 Å². The third-order valence-electron chi connectivity index (χ3n) is 5.42. The van der Waals surface area contributed by atoms with Crippen LogP contribution in [0.4, 0.5) is 5.82 Å². The minimum Gasteiger partial charge on any atom is -0.355 e. The Kier molecular flexibility index (Phi) is 4.22. The molecule has 144 valence electrons. The molecule has 0 aliphatic carbocycles. The Morgan fingerprint density at radius 2 is 2.04 bits per heavy atom. The van der Waals surface area contributed by atoms with E-state index in [9.17, 15) is 0 Å². The number of hydrogen-bond donors (Lipinski definition) is 1. The minimum atomic E-state index is 0.402. The van der Waals surface area contributed by atoms with E-state index >= 15 is 0 Å². The number of H-pyrrole nitrogens is 1. The molecular formula is C18H22N10. The molecule has 5 heterocycles. The second kappa shape index (κ2) is 7.02. The van der Waals surface area contributed by atoms with Crippen molar-refractivity contribution in [2.45, 2.75) is 38.8 Å². The van der Waals surface area contributed by atoms with Gasteiger partial charge < -0.3 is 19.0 Å². The molecule has 0 bridgehead atoms. The molecule has 4 aromatic heterocycles. The van der Waals surface area contributed by atoms with Crippen molar-refractivity contribution in [3.63, 3.8) is 0 Å². The topological polar surface area (TPSA) is 106 Å². The van der Waals surface area contributed by atoms with Crippen LogP contribution >= 0.6 is 0 Å². The summed E-state index contributed by atoms with van der Waals surface area (Å²) >= 11 is 0. The summed E-state index contributed by atoms with van der Waals surface area (Å²) in [5.74, 6) is 3.40. The molecule has 0 radical (unpaired) electrons. The summed E-state index contributed by atoms with van der Waals surface area (Å²) < 4.78 is 4.27. The number of anilines is 1. The van der Waals surface area contributed by atoms with Gasteiger partial charge in [0.25, 0.3) is 0 Å². The highest BCUT2D eigenvalue weighted by Gasteiger charge is 2.27. The lowest BCUT2D eigenvalue weighted by Crippen LogP contribution is -2.34. The fourth-order valence-corrected chi connectivity index (χ4v) is 4.00. The van der Waals surface area contributed by atoms with E-state index in [0.29, 0.717) is 18.1 Å². The monoisotopic (exact) mass is 378 g/mol. The molecule has 1 saturated heterocycles. The highest BCUT2D eigenvalue weighted by molar-refractivity contribution is 5.82. The van der Waals surface area contributed by atoms with Gasteiger partial charge in [0, 0.05) is 37.9 Å². The largest absolute Gasteiger partial charge is 0.355 e. The molecule has 0 spiro atoms. The zero-order valence-electron chi connectivity index (χ0n) is 15.7. The molecule has 10 heteroatoms. The van der Waals surface area contributed by atoms with Crippen molar-refractivity contribution >= 4 is 17.0 Å². The summed E-state index contributed by atoms with van der Waals surface area (Å²) in [4.78, 5) is 22.5. The molecule has 5 rings (SSSR count). The zero-order valence-corrected chi connectivity index (χ0v) is 15.7. The summed E-state index contributed by atoms with van der Waals surface area (Å²) in [7, 11) is 0. The lowest BCUT2D eigenvalue weighted by molar-refractivity contribution is 0.462. The number of imidazole rings is 2. The van der Waals surface area contributed by atoms with Crippen LogP contribution in [0.25, 0.3) is 11.2 Å². The minimum absolute atomic E-state index is 0.402. The molecule has 28 heavy (non-hydrogen) atoms. The number of aromatic nitrogens is 9. The van der Waals surface area contributed by atoms with Crippen molar-refractivity contribution in [3.05, 3.63) is 43.0 Å². The third-order valence-corrected chi connectivity index (χ3v) is 5.42. The predicted octanol–water partition coefficient (Wildman–Crippen LogP) is 1.59. The summed E-state index contributed by atoms with van der Waals surface area (Å²) in [6.07, 6.45) is 10.8. The van der Waals surface area contributed by atoms with Crippen molar-refractivity contribution in [2.24, 2.45) is 0 Å². The third kappa shape index (κ3) is 2.90. The van der Waals surface area contributed by atoms with E-state index in [-0.39, 0.29) is 0 Å². The number of nitrogens with zero attached hydrogens (tertiary/aromatic N) is 9. The van der Waals surface area contributed by atoms with Crippen LogP contribution in [0.1, 0.15) is 37.3 Å². The highest BCUT2D eigenvalue weighted by atomic mass is 15.3. The van der Waals surface area contributed by atoms with Crippen molar-refractivity contribution < 1.29 is 0 Å². The van der Waals surface area contributed by atoms with Gasteiger partial charge >= 0.3 is 0 Å². The molecule has 0 saturated carbocycles. The van der Waals surface area contributed by atoms with Gasteiger partial charge in [0.2, 0.25) is 0 Å². The van der Waals surface area contributed by atoms with Gasteiger partial charge in [-0.05, 0) is 19.8 Å². The van der Waals surface area contributed by atoms with Gasteiger partial charge in [-0.1, -0.05) is 0 Å². The first-order valence-corrected chi connectivity index (χ1v) is 9.60. The van der Waals surface area contributed by atoms with Crippen LogP contribution in [0.15, 0.2) is 31.4 Å². The maximum Gasteiger partial charge on any atom is 0.182 e. The SMILES string of the molecule is CCn1c(Cn2ccnc2)nnc1C1CCN(c2ncnc3nc[nH]c23)CC1. The number of hydrogen-bond acceptors (Lipinski definition) is 7. The van der Waals surface area contributed by atoms with Crippen molar-refractivity contribution in [2.75, 3.05) is 18.0 Å². The quantitative estimate of drug-likeness (QED) is 0.562. The van der Waals surface area contributed by atoms with E-state index in [0.717, 1.165) is 55.5 Å². The normalized spacial score (nSPS) is 15.5. The van der Waals surface area contributed by atoms with Gasteiger partial charge in [-0.2, -0.15) is 0 Å². The van der Waals surface area contributed by atoms with Gasteiger partial charge in [0.1, 0.15) is 17.7 Å². The first-order chi connectivity index (χ1) is 13.8. The Morgan fingerprint density at radius 3 is 2.82 bits per heavy atom. The maximum absolute atomic E-state index is 4.55. The lowest BCUT2D eigenvalue weighted by Gasteiger charge is -2.32. The van der Waals surface area contributed by atoms with Crippen LogP contribution in [0.2, 0.25) is 0 Å². The van der Waals surface area contributed by atoms with E-state index in [1.54, 1.807) is 18.9 Å². The Balaban J connectivity index is 1.33. The van der Waals surface area contributed by atoms with E-state index in [1.807, 2.05) is 17.1 Å². The molecule has 1 N–H and O–H groups in total. The molecule has 0 amide bonds. The van der Waals surface area contributed by atoms with Crippen molar-refractivity contribution in [1.29, 1.82) is 0 Å². The average molecular weight is 378 g/mol. The molecule has 1 aliphatic heterocycles. The van der Waals surface area contributed by atoms with Gasteiger partial charge in [-0.25, -0.2) is 19.9 Å². The highest BCUT2D eigenvalue weighted by Crippen LogP contribution is 2.31. The fraction of sp³-hybridized carbons (Fsp3) is 0.444. The number of rotatable bonds is 5. The molecule has 1 aliphatic rings. The average Bonchev–Trinajstić information content (AvgIpc) is 3.49. The Morgan fingerprint density at radius 1 is 1.14 bits per heavy atom. The van der Waals surface area contributed by atoms with Crippen LogP contribution < -0.4 is 4.90 Å². The summed E-state index contributed by atoms with van der Waals surface area (Å²) in [5.41, 5.74) is 1.61. The molecule has 0 unspecified atom stereocenters. The fourth-order valence-electron chi connectivity index (χ4n) is 4.00. The molecule has 0 aromatic carbocycles. The van der Waals surface area contributed by atoms with Crippen LogP contribution in [0, 0.1) is 0 Å². The standard InChI is InChI=1S/C18H22N10/c1-2-28-14(9-26-8-5-19-12-26)24-25-17(28)13-3-6-27(7-4-13)18-15-16(21-10-20-15)22-11-23-18/h5,8,10-13H,2-4,6-7,9H2,1H3,(H,20,21,22,23). The first-order valence-electron chi connectivity index (χ1n) is 9.60. The van der Waals surface area contributed by atoms with E-state index in [2.05, 4.69) is 51.5 Å². The van der Waals surface area contributed by atoms with Crippen LogP contribution in [0.3, 0.4) is 0 Å². The molecule has 1 fully saturated rings. The second-order valence-corrected chi connectivity index (χ2v) is 7.01. The Hall–Kier alpha value is -3.30. The summed E-state index contributed by atoms with van der Waals surface area (Å²) in [5, 5.41) is 9.01. The molecule has 4 aromatic rings. The van der Waals surface area contributed by atoms with Crippen LogP contribution in [0.5, 0.6) is 0 Å². The summed E-state index contributed by atoms with van der Waals surface area (Å²) in [6, 6.07) is 0. The second-order valence-electron chi connectivity index (χ2n) is 7.01. The van der Waals surface area contributed by atoms with Crippen molar-refractivity contribution in [1.82, 2.24) is 44.3 Å². The lowest BCUT2D eigenvalue weighted by atomic mass is 9.96. The van der Waals surface area contributed by atoms with Gasteiger partial charge in [-0.3, -0.25) is 0 Å².